The van der Waals surface area contributed by atoms with Gasteiger partial charge in [-0.25, -0.2) is 8.78 Å². The molecule has 3 rings (SSSR count). The summed E-state index contributed by atoms with van der Waals surface area (Å²) in [7, 11) is 0. The molecule has 2 aromatic carbocycles. The molecule has 0 amide bonds. The van der Waals surface area contributed by atoms with Crippen molar-refractivity contribution >= 4 is 0 Å². The molecule has 3 heteroatoms. The molecule has 1 aliphatic rings. The van der Waals surface area contributed by atoms with Crippen molar-refractivity contribution in [2.45, 2.75) is 76.7 Å². The van der Waals surface area contributed by atoms with E-state index in [0.717, 1.165) is 44.3 Å². The fourth-order valence-electron chi connectivity index (χ4n) is 4.50. The van der Waals surface area contributed by atoms with Crippen LogP contribution in [0.25, 0.3) is 0 Å². The van der Waals surface area contributed by atoms with Gasteiger partial charge in [-0.15, -0.1) is 0 Å². The number of nitrogens with zero attached hydrogens (tertiary/aromatic N) is 1. The van der Waals surface area contributed by atoms with Crippen molar-refractivity contribution in [3.05, 3.63) is 71.3 Å². The predicted molar refractivity (Wildman–Crippen MR) is 118 cm³/mol. The molecule has 0 spiro atoms. The number of aryl methyl sites for hydroxylation is 1. The van der Waals surface area contributed by atoms with E-state index in [-0.39, 0.29) is 5.92 Å². The molecule has 0 saturated heterocycles. The fraction of sp³-hybridized carbons (Fsp3) is 0.538. The van der Waals surface area contributed by atoms with Crippen LogP contribution < -0.4 is 0 Å². The van der Waals surface area contributed by atoms with Crippen LogP contribution in [0.3, 0.4) is 0 Å². The highest BCUT2D eigenvalue weighted by Crippen LogP contribution is 2.35. The highest BCUT2D eigenvalue weighted by molar-refractivity contribution is 5.26. The number of halogens is 2. The van der Waals surface area contributed by atoms with E-state index < -0.39 is 12.3 Å². The van der Waals surface area contributed by atoms with E-state index >= 15 is 0 Å². The molecule has 0 radical (unpaired) electrons. The smallest absolute Gasteiger partial charge is 0.132 e. The lowest BCUT2D eigenvalue weighted by molar-refractivity contribution is 0.108. The summed E-state index contributed by atoms with van der Waals surface area (Å²) < 4.78 is 27.1. The zero-order valence-electron chi connectivity index (χ0n) is 17.9. The molecule has 4 atom stereocenters. The predicted octanol–water partition coefficient (Wildman–Crippen LogP) is 6.52. The van der Waals surface area contributed by atoms with Crippen LogP contribution in [0.2, 0.25) is 0 Å². The first-order chi connectivity index (χ1) is 14.1. The number of rotatable bonds is 9. The second-order valence-corrected chi connectivity index (χ2v) is 8.54. The molecule has 0 heterocycles. The van der Waals surface area contributed by atoms with Gasteiger partial charge in [-0.05, 0) is 74.6 Å². The van der Waals surface area contributed by atoms with Crippen LogP contribution in [-0.2, 0) is 12.8 Å². The number of hydrogen-bond donors (Lipinski definition) is 0. The Morgan fingerprint density at radius 1 is 0.897 bits per heavy atom. The molecule has 1 fully saturated rings. The first kappa shape index (κ1) is 22.0. The Morgan fingerprint density at radius 3 is 2.24 bits per heavy atom. The normalized spacial score (nSPS) is 23.3. The van der Waals surface area contributed by atoms with E-state index in [1.54, 1.807) is 0 Å². The summed E-state index contributed by atoms with van der Waals surface area (Å²) in [4.78, 5) is 2.55. The Hall–Kier alpha value is -1.74. The van der Waals surface area contributed by atoms with Gasteiger partial charge in [-0.3, -0.25) is 0 Å². The third kappa shape index (κ3) is 6.37. The van der Waals surface area contributed by atoms with Crippen molar-refractivity contribution in [2.24, 2.45) is 0 Å². The zero-order valence-corrected chi connectivity index (χ0v) is 17.9. The van der Waals surface area contributed by atoms with Gasteiger partial charge in [0, 0.05) is 12.6 Å². The zero-order chi connectivity index (χ0) is 20.6. The maximum atomic E-state index is 13.7. The van der Waals surface area contributed by atoms with Crippen LogP contribution in [-0.4, -0.2) is 36.4 Å². The highest BCUT2D eigenvalue weighted by Gasteiger charge is 2.31. The second-order valence-electron chi connectivity index (χ2n) is 8.54. The molecule has 29 heavy (non-hydrogen) atoms. The van der Waals surface area contributed by atoms with Gasteiger partial charge < -0.3 is 4.90 Å². The lowest BCUT2D eigenvalue weighted by Crippen LogP contribution is -2.35. The van der Waals surface area contributed by atoms with Crippen molar-refractivity contribution in [3.63, 3.8) is 0 Å². The Balaban J connectivity index is 1.47. The first-order valence-electron chi connectivity index (χ1n) is 11.2. The second kappa shape index (κ2) is 10.9. The van der Waals surface area contributed by atoms with E-state index in [1.165, 1.54) is 11.1 Å². The minimum atomic E-state index is -1.30. The van der Waals surface area contributed by atoms with E-state index in [4.69, 9.17) is 0 Å². The van der Waals surface area contributed by atoms with Crippen LogP contribution >= 0.6 is 0 Å². The monoisotopic (exact) mass is 399 g/mol. The van der Waals surface area contributed by atoms with Crippen molar-refractivity contribution in [1.82, 2.24) is 4.90 Å². The molecule has 0 N–H and O–H groups in total. The molecular formula is C26H35F2N. The van der Waals surface area contributed by atoms with Crippen LogP contribution in [0.1, 0.15) is 62.1 Å². The molecule has 158 valence electrons. The minimum absolute atomic E-state index is 0.165. The number of likely N-dealkylation sites (N-methyl/N-ethyl adjacent to an activating group) is 1. The summed E-state index contributed by atoms with van der Waals surface area (Å²) in [6.07, 6.45) is 2.12. The topological polar surface area (TPSA) is 3.24 Å². The van der Waals surface area contributed by atoms with E-state index in [2.05, 4.69) is 73.3 Å². The third-order valence-electron chi connectivity index (χ3n) is 6.56. The maximum absolute atomic E-state index is 13.7. The molecule has 2 aromatic rings. The lowest BCUT2D eigenvalue weighted by Gasteiger charge is -2.28. The molecule has 0 aromatic heterocycles. The average molecular weight is 400 g/mol. The quantitative estimate of drug-likeness (QED) is 0.464. The van der Waals surface area contributed by atoms with Crippen LogP contribution in [0, 0.1) is 0 Å². The van der Waals surface area contributed by atoms with E-state index in [0.29, 0.717) is 18.9 Å². The van der Waals surface area contributed by atoms with Crippen LogP contribution in [0.15, 0.2) is 54.6 Å². The summed E-state index contributed by atoms with van der Waals surface area (Å²) in [5.74, 6) is 0.165. The SMILES string of the molecule is CCN(CCc1ccccc1)C(C)CCc1ccc(C2CCC(F)C(F)C2)cc1. The van der Waals surface area contributed by atoms with Gasteiger partial charge in [-0.2, -0.15) is 0 Å². The summed E-state index contributed by atoms with van der Waals surface area (Å²) in [6, 6.07) is 19.8. The highest BCUT2D eigenvalue weighted by atomic mass is 19.2. The van der Waals surface area contributed by atoms with Gasteiger partial charge in [0.05, 0.1) is 0 Å². The molecule has 4 unspecified atom stereocenters. The van der Waals surface area contributed by atoms with Gasteiger partial charge in [0.2, 0.25) is 0 Å². The van der Waals surface area contributed by atoms with E-state index in [1.807, 2.05) is 0 Å². The van der Waals surface area contributed by atoms with Crippen molar-refractivity contribution in [3.8, 4) is 0 Å². The molecule has 0 bridgehead atoms. The van der Waals surface area contributed by atoms with Gasteiger partial charge >= 0.3 is 0 Å². The lowest BCUT2D eigenvalue weighted by atomic mass is 9.82. The fourth-order valence-corrected chi connectivity index (χ4v) is 4.50. The Labute approximate surface area is 175 Å². The van der Waals surface area contributed by atoms with Gasteiger partial charge in [-0.1, -0.05) is 61.5 Å². The van der Waals surface area contributed by atoms with Crippen molar-refractivity contribution < 1.29 is 8.78 Å². The Kier molecular flexibility index (Phi) is 8.23. The Morgan fingerprint density at radius 2 is 1.59 bits per heavy atom. The van der Waals surface area contributed by atoms with Gasteiger partial charge in [0.15, 0.2) is 0 Å². The largest absolute Gasteiger partial charge is 0.301 e. The molecule has 1 nitrogen and oxygen atoms in total. The number of benzene rings is 2. The summed E-state index contributed by atoms with van der Waals surface area (Å²) >= 11 is 0. The first-order valence-corrected chi connectivity index (χ1v) is 11.2. The summed E-state index contributed by atoms with van der Waals surface area (Å²) in [5.41, 5.74) is 3.89. The average Bonchev–Trinajstić information content (AvgIpc) is 2.76. The van der Waals surface area contributed by atoms with Gasteiger partial charge in [0.25, 0.3) is 0 Å². The third-order valence-corrected chi connectivity index (χ3v) is 6.56. The van der Waals surface area contributed by atoms with Crippen molar-refractivity contribution in [1.29, 1.82) is 0 Å². The molecule has 1 aliphatic carbocycles. The van der Waals surface area contributed by atoms with Crippen LogP contribution in [0.5, 0.6) is 0 Å². The van der Waals surface area contributed by atoms with Gasteiger partial charge in [0.1, 0.15) is 12.3 Å². The summed E-state index contributed by atoms with van der Waals surface area (Å²) in [5, 5.41) is 0. The molecular weight excluding hydrogens is 364 g/mol. The molecule has 1 saturated carbocycles. The van der Waals surface area contributed by atoms with Crippen molar-refractivity contribution in [2.75, 3.05) is 13.1 Å². The van der Waals surface area contributed by atoms with E-state index in [9.17, 15) is 8.78 Å². The number of alkyl halides is 2. The van der Waals surface area contributed by atoms with Crippen LogP contribution in [0.4, 0.5) is 8.78 Å². The molecule has 0 aliphatic heterocycles. The minimum Gasteiger partial charge on any atom is -0.301 e. The summed E-state index contributed by atoms with van der Waals surface area (Å²) in [6.45, 7) is 6.71. The number of hydrogen-bond acceptors (Lipinski definition) is 1. The standard InChI is InChI=1S/C26H35F2N/c1-3-29(18-17-21-7-5-4-6-8-21)20(2)9-10-22-11-13-23(14-12-22)24-15-16-25(27)26(28)19-24/h4-8,11-14,20,24-26H,3,9-10,15-19H2,1-2H3. The maximum Gasteiger partial charge on any atom is 0.132 e. The Bertz CT molecular complexity index is 715.